The second kappa shape index (κ2) is 8.74. The number of nitriles is 1. The van der Waals surface area contributed by atoms with E-state index >= 15 is 0 Å². The van der Waals surface area contributed by atoms with Crippen LogP contribution in [-0.4, -0.2) is 33.3 Å². The first-order chi connectivity index (χ1) is 14.3. The molecular formula is C22H23N5O3. The average Bonchev–Trinajstić information content (AvgIpc) is 2.70. The Bertz CT molecular complexity index is 1100. The summed E-state index contributed by atoms with van der Waals surface area (Å²) in [6.45, 7) is 5.78. The number of fused-ring (bicyclic) bond motifs is 1. The number of hydrogen-bond acceptors (Lipinski definition) is 7. The summed E-state index contributed by atoms with van der Waals surface area (Å²) in [7, 11) is 0. The third-order valence-electron chi connectivity index (χ3n) is 4.53. The first kappa shape index (κ1) is 21.0. The van der Waals surface area contributed by atoms with Gasteiger partial charge in [-0.05, 0) is 43.0 Å². The highest BCUT2D eigenvalue weighted by atomic mass is 16.6. The molecule has 0 unspecified atom stereocenters. The number of nitrogens with two attached hydrogens (primary N) is 1. The SMILES string of the molecule is CC(C)C[C@@](C)(COc1ncc(-c2ccnc3ccncc23)cc1C#N)OC(N)=O. The molecule has 8 nitrogen and oxygen atoms in total. The Labute approximate surface area is 174 Å². The van der Waals surface area contributed by atoms with Crippen molar-refractivity contribution in [1.29, 1.82) is 5.26 Å². The fourth-order valence-corrected chi connectivity index (χ4v) is 3.49. The summed E-state index contributed by atoms with van der Waals surface area (Å²) < 4.78 is 11.1. The lowest BCUT2D eigenvalue weighted by Crippen LogP contribution is -2.41. The second-order valence-electron chi connectivity index (χ2n) is 7.70. The van der Waals surface area contributed by atoms with Gasteiger partial charge in [-0.1, -0.05) is 13.8 Å². The molecule has 154 valence electrons. The fraction of sp³-hybridized carbons (Fsp3) is 0.318. The number of rotatable bonds is 7. The molecule has 0 radical (unpaired) electrons. The predicted molar refractivity (Wildman–Crippen MR) is 112 cm³/mol. The number of amides is 1. The number of hydrogen-bond donors (Lipinski definition) is 1. The monoisotopic (exact) mass is 405 g/mol. The van der Waals surface area contributed by atoms with Crippen molar-refractivity contribution in [2.45, 2.75) is 32.8 Å². The summed E-state index contributed by atoms with van der Waals surface area (Å²) in [4.78, 5) is 24.1. The van der Waals surface area contributed by atoms with Gasteiger partial charge in [-0.2, -0.15) is 5.26 Å². The highest BCUT2D eigenvalue weighted by Gasteiger charge is 2.31. The molecule has 0 fully saturated rings. The van der Waals surface area contributed by atoms with Gasteiger partial charge in [0.15, 0.2) is 0 Å². The normalized spacial score (nSPS) is 12.9. The lowest BCUT2D eigenvalue weighted by molar-refractivity contribution is -0.0197. The molecule has 0 saturated heterocycles. The zero-order valence-electron chi connectivity index (χ0n) is 17.1. The van der Waals surface area contributed by atoms with Crippen LogP contribution in [0.25, 0.3) is 22.0 Å². The number of ether oxygens (including phenoxy) is 2. The van der Waals surface area contributed by atoms with Crippen molar-refractivity contribution in [2.24, 2.45) is 11.7 Å². The van der Waals surface area contributed by atoms with E-state index in [4.69, 9.17) is 15.2 Å². The summed E-state index contributed by atoms with van der Waals surface area (Å²) >= 11 is 0. The van der Waals surface area contributed by atoms with Crippen LogP contribution in [0.3, 0.4) is 0 Å². The van der Waals surface area contributed by atoms with E-state index < -0.39 is 11.7 Å². The number of aromatic nitrogens is 3. The summed E-state index contributed by atoms with van der Waals surface area (Å²) in [5, 5.41) is 10.5. The zero-order valence-corrected chi connectivity index (χ0v) is 17.1. The van der Waals surface area contributed by atoms with Gasteiger partial charge in [-0.3, -0.25) is 9.97 Å². The molecule has 30 heavy (non-hydrogen) atoms. The Hall–Kier alpha value is -3.73. The van der Waals surface area contributed by atoms with Crippen molar-refractivity contribution in [1.82, 2.24) is 15.0 Å². The van der Waals surface area contributed by atoms with Crippen molar-refractivity contribution in [2.75, 3.05) is 6.61 Å². The Morgan fingerprint density at radius 1 is 1.27 bits per heavy atom. The number of carbonyl (C=O) groups is 1. The molecule has 1 atom stereocenters. The van der Waals surface area contributed by atoms with E-state index in [1.807, 2.05) is 26.0 Å². The minimum atomic E-state index is -0.931. The Morgan fingerprint density at radius 2 is 2.07 bits per heavy atom. The average molecular weight is 405 g/mol. The number of primary amides is 1. The third-order valence-corrected chi connectivity index (χ3v) is 4.53. The van der Waals surface area contributed by atoms with Gasteiger partial charge < -0.3 is 15.2 Å². The van der Waals surface area contributed by atoms with Crippen LogP contribution in [0.4, 0.5) is 4.79 Å². The van der Waals surface area contributed by atoms with Crippen molar-refractivity contribution in [3.8, 4) is 23.1 Å². The van der Waals surface area contributed by atoms with Gasteiger partial charge in [0.2, 0.25) is 5.88 Å². The van der Waals surface area contributed by atoms with E-state index in [2.05, 4.69) is 21.0 Å². The minimum absolute atomic E-state index is 0.0251. The van der Waals surface area contributed by atoms with Crippen LogP contribution < -0.4 is 10.5 Å². The van der Waals surface area contributed by atoms with E-state index in [1.54, 1.807) is 37.8 Å². The van der Waals surface area contributed by atoms with Crippen molar-refractivity contribution >= 4 is 17.0 Å². The van der Waals surface area contributed by atoms with Crippen LogP contribution in [0, 0.1) is 17.2 Å². The molecule has 0 saturated carbocycles. The number of carbonyl (C=O) groups excluding carboxylic acids is 1. The van der Waals surface area contributed by atoms with Gasteiger partial charge in [0.05, 0.1) is 5.52 Å². The molecule has 3 rings (SSSR count). The molecule has 0 aromatic carbocycles. The maximum Gasteiger partial charge on any atom is 0.405 e. The van der Waals surface area contributed by atoms with Crippen molar-refractivity contribution in [3.05, 3.63) is 48.5 Å². The molecule has 1 amide bonds. The Morgan fingerprint density at radius 3 is 2.77 bits per heavy atom. The summed E-state index contributed by atoms with van der Waals surface area (Å²) in [5.41, 5.74) is 6.97. The highest BCUT2D eigenvalue weighted by molar-refractivity contribution is 5.93. The van der Waals surface area contributed by atoms with Crippen LogP contribution in [0.1, 0.15) is 32.8 Å². The first-order valence-electron chi connectivity index (χ1n) is 9.52. The highest BCUT2D eigenvalue weighted by Crippen LogP contribution is 2.30. The molecule has 3 heterocycles. The fourth-order valence-electron chi connectivity index (χ4n) is 3.49. The van der Waals surface area contributed by atoms with Gasteiger partial charge >= 0.3 is 6.09 Å². The summed E-state index contributed by atoms with van der Waals surface area (Å²) in [5.74, 6) is 0.415. The maximum absolute atomic E-state index is 11.3. The van der Waals surface area contributed by atoms with Crippen LogP contribution in [0.15, 0.2) is 43.0 Å². The summed E-state index contributed by atoms with van der Waals surface area (Å²) in [6.07, 6.45) is 6.42. The molecule has 0 spiro atoms. The zero-order chi connectivity index (χ0) is 21.7. The number of pyridine rings is 3. The van der Waals surface area contributed by atoms with E-state index in [9.17, 15) is 10.1 Å². The van der Waals surface area contributed by atoms with Crippen LogP contribution in [-0.2, 0) is 4.74 Å². The van der Waals surface area contributed by atoms with E-state index in [1.165, 1.54) is 0 Å². The quantitative estimate of drug-likeness (QED) is 0.633. The van der Waals surface area contributed by atoms with Crippen LogP contribution >= 0.6 is 0 Å². The van der Waals surface area contributed by atoms with E-state index in [0.29, 0.717) is 6.42 Å². The maximum atomic E-state index is 11.3. The molecule has 0 aliphatic heterocycles. The minimum Gasteiger partial charge on any atom is -0.472 e. The molecule has 3 aromatic rings. The van der Waals surface area contributed by atoms with E-state index in [-0.39, 0.29) is 24.0 Å². The van der Waals surface area contributed by atoms with Crippen molar-refractivity contribution < 1.29 is 14.3 Å². The van der Waals surface area contributed by atoms with Crippen molar-refractivity contribution in [3.63, 3.8) is 0 Å². The predicted octanol–water partition coefficient (Wildman–Crippen LogP) is 3.84. The Kier molecular flexibility index (Phi) is 6.11. The molecular weight excluding hydrogens is 382 g/mol. The topological polar surface area (TPSA) is 124 Å². The van der Waals surface area contributed by atoms with Gasteiger partial charge in [0.25, 0.3) is 0 Å². The molecule has 3 aromatic heterocycles. The van der Waals surface area contributed by atoms with Gasteiger partial charge in [0, 0.05) is 35.7 Å². The Balaban J connectivity index is 1.89. The second-order valence-corrected chi connectivity index (χ2v) is 7.70. The van der Waals surface area contributed by atoms with Gasteiger partial charge in [0.1, 0.15) is 23.8 Å². The lowest BCUT2D eigenvalue weighted by Gasteiger charge is -2.30. The van der Waals surface area contributed by atoms with Crippen LogP contribution in [0.5, 0.6) is 5.88 Å². The lowest BCUT2D eigenvalue weighted by atomic mass is 9.95. The third kappa shape index (κ3) is 4.81. The molecule has 2 N–H and O–H groups in total. The van der Waals surface area contributed by atoms with E-state index in [0.717, 1.165) is 22.0 Å². The van der Waals surface area contributed by atoms with Crippen LogP contribution in [0.2, 0.25) is 0 Å². The smallest absolute Gasteiger partial charge is 0.405 e. The van der Waals surface area contributed by atoms with Gasteiger partial charge in [-0.25, -0.2) is 9.78 Å². The molecule has 0 aliphatic rings. The van der Waals surface area contributed by atoms with Gasteiger partial charge in [-0.15, -0.1) is 0 Å². The molecule has 0 aliphatic carbocycles. The number of nitrogens with zero attached hydrogens (tertiary/aromatic N) is 4. The summed E-state index contributed by atoms with van der Waals surface area (Å²) in [6, 6.07) is 7.50. The largest absolute Gasteiger partial charge is 0.472 e. The molecule has 0 bridgehead atoms. The first-order valence-corrected chi connectivity index (χ1v) is 9.52. The molecule has 8 heteroatoms. The standard InChI is InChI=1S/C22H23N5O3/c1-14(2)9-22(3,30-21(24)28)13-29-20-15(10-23)8-16(11-27-20)17-4-7-26-19-5-6-25-12-18(17)19/h4-8,11-12,14H,9,13H2,1-3H3,(H2,24,28)/t22-/m0/s1.